The Bertz CT molecular complexity index is 345. The molecule has 0 aromatic heterocycles. The molecule has 0 bridgehead atoms. The summed E-state index contributed by atoms with van der Waals surface area (Å²) in [6.07, 6.45) is 8.71. The van der Waals surface area contributed by atoms with Crippen molar-refractivity contribution in [2.45, 2.75) is 71.8 Å². The van der Waals surface area contributed by atoms with Crippen LogP contribution in [0.1, 0.15) is 63.5 Å². The summed E-state index contributed by atoms with van der Waals surface area (Å²) in [5.41, 5.74) is 9.08. The second-order valence-electron chi connectivity index (χ2n) is 5.94. The van der Waals surface area contributed by atoms with Crippen LogP contribution in [0.2, 0.25) is 0 Å². The Morgan fingerprint density at radius 2 is 1.95 bits per heavy atom. The van der Waals surface area contributed by atoms with E-state index in [1.807, 2.05) is 0 Å². The van der Waals surface area contributed by atoms with Gasteiger partial charge in [0.05, 0.1) is 0 Å². The predicted molar refractivity (Wildman–Crippen MR) is 85.4 cm³/mol. The number of unbranched alkanes of at least 4 members (excludes halogenated alkanes) is 1. The lowest BCUT2D eigenvalue weighted by molar-refractivity contribution is 0.375. The van der Waals surface area contributed by atoms with Crippen molar-refractivity contribution in [2.75, 3.05) is 0 Å². The van der Waals surface area contributed by atoms with E-state index in [1.54, 1.807) is 0 Å². The standard InChI is InChI=1S/C18H31N/c1-4-6-9-16(5-2)14-18(19)12-11-17-10-7-8-15(3)13-17/h7-8,10,13,16,18H,4-6,9,11-12,14,19H2,1-3H3. The summed E-state index contributed by atoms with van der Waals surface area (Å²) in [5.74, 6) is 0.826. The third kappa shape index (κ3) is 6.77. The van der Waals surface area contributed by atoms with Crippen molar-refractivity contribution in [2.24, 2.45) is 11.7 Å². The van der Waals surface area contributed by atoms with Crippen molar-refractivity contribution >= 4 is 0 Å². The van der Waals surface area contributed by atoms with Crippen molar-refractivity contribution in [3.63, 3.8) is 0 Å². The van der Waals surface area contributed by atoms with E-state index in [4.69, 9.17) is 5.73 Å². The molecule has 1 aromatic carbocycles. The Balaban J connectivity index is 2.32. The van der Waals surface area contributed by atoms with E-state index in [-0.39, 0.29) is 0 Å². The normalized spacial score (nSPS) is 14.3. The lowest BCUT2D eigenvalue weighted by Crippen LogP contribution is -2.24. The number of nitrogens with two attached hydrogens (primary N) is 1. The van der Waals surface area contributed by atoms with Crippen LogP contribution in [0.5, 0.6) is 0 Å². The number of benzene rings is 1. The van der Waals surface area contributed by atoms with Crippen LogP contribution in [0.3, 0.4) is 0 Å². The van der Waals surface area contributed by atoms with Crippen molar-refractivity contribution in [1.29, 1.82) is 0 Å². The molecule has 0 heterocycles. The molecule has 1 rings (SSSR count). The minimum atomic E-state index is 0.363. The summed E-state index contributed by atoms with van der Waals surface area (Å²) in [6, 6.07) is 9.16. The zero-order chi connectivity index (χ0) is 14.1. The Morgan fingerprint density at radius 1 is 1.16 bits per heavy atom. The van der Waals surface area contributed by atoms with Crippen LogP contribution in [0.15, 0.2) is 24.3 Å². The molecule has 0 aliphatic carbocycles. The van der Waals surface area contributed by atoms with Crippen LogP contribution in [0.25, 0.3) is 0 Å². The third-order valence-electron chi connectivity index (χ3n) is 4.07. The summed E-state index contributed by atoms with van der Waals surface area (Å²) in [7, 11) is 0. The second-order valence-corrected chi connectivity index (χ2v) is 5.94. The van der Waals surface area contributed by atoms with Gasteiger partial charge in [-0.15, -0.1) is 0 Å². The highest BCUT2D eigenvalue weighted by Gasteiger charge is 2.11. The molecule has 2 unspecified atom stereocenters. The van der Waals surface area contributed by atoms with Gasteiger partial charge in [0.15, 0.2) is 0 Å². The average molecular weight is 261 g/mol. The summed E-state index contributed by atoms with van der Waals surface area (Å²) in [6.45, 7) is 6.72. The largest absolute Gasteiger partial charge is 0.328 e. The van der Waals surface area contributed by atoms with Gasteiger partial charge in [-0.3, -0.25) is 0 Å². The number of aryl methyl sites for hydroxylation is 2. The van der Waals surface area contributed by atoms with Crippen LogP contribution in [-0.2, 0) is 6.42 Å². The van der Waals surface area contributed by atoms with E-state index in [0.717, 1.165) is 18.8 Å². The highest BCUT2D eigenvalue weighted by atomic mass is 14.6. The van der Waals surface area contributed by atoms with Gasteiger partial charge in [-0.2, -0.15) is 0 Å². The van der Waals surface area contributed by atoms with Gasteiger partial charge in [-0.25, -0.2) is 0 Å². The maximum Gasteiger partial charge on any atom is 0.00446 e. The van der Waals surface area contributed by atoms with Crippen molar-refractivity contribution in [3.05, 3.63) is 35.4 Å². The van der Waals surface area contributed by atoms with Crippen molar-refractivity contribution in [1.82, 2.24) is 0 Å². The molecule has 1 nitrogen and oxygen atoms in total. The fraction of sp³-hybridized carbons (Fsp3) is 0.667. The molecule has 0 saturated heterocycles. The predicted octanol–water partition coefficient (Wildman–Crippen LogP) is 4.86. The van der Waals surface area contributed by atoms with Gasteiger partial charge < -0.3 is 5.73 Å². The number of hydrogen-bond donors (Lipinski definition) is 1. The molecule has 19 heavy (non-hydrogen) atoms. The van der Waals surface area contributed by atoms with Crippen LogP contribution in [0.4, 0.5) is 0 Å². The molecule has 0 radical (unpaired) electrons. The lowest BCUT2D eigenvalue weighted by Gasteiger charge is -2.19. The van der Waals surface area contributed by atoms with Crippen molar-refractivity contribution < 1.29 is 0 Å². The van der Waals surface area contributed by atoms with Crippen LogP contribution in [0, 0.1) is 12.8 Å². The molecular formula is C18H31N. The molecule has 0 amide bonds. The SMILES string of the molecule is CCCCC(CC)CC(N)CCc1cccc(C)c1. The molecule has 1 aromatic rings. The highest BCUT2D eigenvalue weighted by Crippen LogP contribution is 2.19. The molecule has 0 aliphatic rings. The Hall–Kier alpha value is -0.820. The maximum absolute atomic E-state index is 6.31. The van der Waals surface area contributed by atoms with Gasteiger partial charge in [0, 0.05) is 6.04 Å². The first-order valence-electron chi connectivity index (χ1n) is 7.96. The van der Waals surface area contributed by atoms with Gasteiger partial charge in [0.25, 0.3) is 0 Å². The van der Waals surface area contributed by atoms with Crippen LogP contribution < -0.4 is 5.73 Å². The Morgan fingerprint density at radius 3 is 2.58 bits per heavy atom. The highest BCUT2D eigenvalue weighted by molar-refractivity contribution is 5.22. The lowest BCUT2D eigenvalue weighted by atomic mass is 9.90. The maximum atomic E-state index is 6.31. The minimum Gasteiger partial charge on any atom is -0.328 e. The van der Waals surface area contributed by atoms with Gasteiger partial charge in [-0.05, 0) is 37.7 Å². The molecular weight excluding hydrogens is 230 g/mol. The molecule has 0 fully saturated rings. The van der Waals surface area contributed by atoms with Crippen LogP contribution >= 0.6 is 0 Å². The monoisotopic (exact) mass is 261 g/mol. The molecule has 2 N–H and O–H groups in total. The first kappa shape index (κ1) is 16.2. The molecule has 0 saturated carbocycles. The fourth-order valence-electron chi connectivity index (χ4n) is 2.75. The molecule has 0 spiro atoms. The molecule has 108 valence electrons. The van der Waals surface area contributed by atoms with E-state index in [0.29, 0.717) is 6.04 Å². The van der Waals surface area contributed by atoms with E-state index >= 15 is 0 Å². The zero-order valence-electron chi connectivity index (χ0n) is 13.0. The first-order valence-corrected chi connectivity index (χ1v) is 7.96. The molecule has 0 aliphatic heterocycles. The van der Waals surface area contributed by atoms with E-state index < -0.39 is 0 Å². The van der Waals surface area contributed by atoms with E-state index in [9.17, 15) is 0 Å². The van der Waals surface area contributed by atoms with Gasteiger partial charge in [0.1, 0.15) is 0 Å². The number of rotatable bonds is 9. The first-order chi connectivity index (χ1) is 9.15. The van der Waals surface area contributed by atoms with Crippen LogP contribution in [-0.4, -0.2) is 6.04 Å². The fourth-order valence-corrected chi connectivity index (χ4v) is 2.75. The second kappa shape index (κ2) is 9.14. The zero-order valence-corrected chi connectivity index (χ0v) is 13.0. The van der Waals surface area contributed by atoms with E-state index in [1.165, 1.54) is 43.2 Å². The third-order valence-corrected chi connectivity index (χ3v) is 4.07. The van der Waals surface area contributed by atoms with E-state index in [2.05, 4.69) is 45.0 Å². The molecule has 1 heteroatoms. The molecule has 2 atom stereocenters. The Labute approximate surface area is 119 Å². The minimum absolute atomic E-state index is 0.363. The topological polar surface area (TPSA) is 26.0 Å². The van der Waals surface area contributed by atoms with Gasteiger partial charge in [0.2, 0.25) is 0 Å². The Kier molecular flexibility index (Phi) is 7.81. The summed E-state index contributed by atoms with van der Waals surface area (Å²) in [4.78, 5) is 0. The summed E-state index contributed by atoms with van der Waals surface area (Å²) < 4.78 is 0. The smallest absolute Gasteiger partial charge is 0.00446 e. The number of hydrogen-bond acceptors (Lipinski definition) is 1. The van der Waals surface area contributed by atoms with Gasteiger partial charge >= 0.3 is 0 Å². The quantitative estimate of drug-likeness (QED) is 0.675. The van der Waals surface area contributed by atoms with Crippen molar-refractivity contribution in [3.8, 4) is 0 Å². The average Bonchev–Trinajstić information content (AvgIpc) is 2.41. The van der Waals surface area contributed by atoms with Gasteiger partial charge in [-0.1, -0.05) is 69.4 Å². The summed E-state index contributed by atoms with van der Waals surface area (Å²) >= 11 is 0. The summed E-state index contributed by atoms with van der Waals surface area (Å²) in [5, 5.41) is 0.